The molecule has 0 saturated heterocycles. The topological polar surface area (TPSA) is 29.1 Å². The van der Waals surface area contributed by atoms with E-state index in [4.69, 9.17) is 0 Å². The summed E-state index contributed by atoms with van der Waals surface area (Å²) in [5, 5.41) is 0. The van der Waals surface area contributed by atoms with Crippen LogP contribution in [0.1, 0.15) is 41.0 Å². The fraction of sp³-hybridized carbons (Fsp3) is 0.818. The van der Waals surface area contributed by atoms with Crippen LogP contribution in [0.3, 0.4) is 0 Å². The molecule has 0 aliphatic heterocycles. The van der Waals surface area contributed by atoms with Gasteiger partial charge in [-0.2, -0.15) is 0 Å². The van der Waals surface area contributed by atoms with Crippen LogP contribution in [-0.4, -0.2) is 15.5 Å². The minimum Gasteiger partial charge on any atom is -0.242 e. The van der Waals surface area contributed by atoms with Crippen LogP contribution in [0.5, 0.6) is 0 Å². The first kappa shape index (κ1) is 13.8. The Balaban J connectivity index is 4.06. The van der Waals surface area contributed by atoms with Gasteiger partial charge in [-0.15, -0.1) is 6.58 Å². The predicted molar refractivity (Wildman–Crippen MR) is 64.5 cm³/mol. The lowest BCUT2D eigenvalue weighted by atomic mass is 9.90. The number of nitrogens with one attached hydrogen (secondary N) is 1. The molecule has 0 rings (SSSR count). The summed E-state index contributed by atoms with van der Waals surface area (Å²) in [4.78, 5) is 0. The highest BCUT2D eigenvalue weighted by Gasteiger charge is 2.22. The molecule has 0 aromatic heterocycles. The Morgan fingerprint density at radius 1 is 1.29 bits per heavy atom. The molecule has 1 unspecified atom stereocenters. The van der Waals surface area contributed by atoms with Gasteiger partial charge in [-0.25, -0.2) is 8.93 Å². The highest BCUT2D eigenvalue weighted by atomic mass is 32.2. The zero-order chi connectivity index (χ0) is 11.4. The van der Waals surface area contributed by atoms with E-state index in [1.165, 1.54) is 0 Å². The lowest BCUT2D eigenvalue weighted by Gasteiger charge is -2.26. The third-order valence-corrected chi connectivity index (χ3v) is 3.45. The van der Waals surface area contributed by atoms with E-state index in [0.29, 0.717) is 0 Å². The fourth-order valence-electron chi connectivity index (χ4n) is 0.940. The quantitative estimate of drug-likeness (QED) is 0.705. The van der Waals surface area contributed by atoms with Crippen molar-refractivity contribution in [3.8, 4) is 0 Å². The number of allylic oxidation sites excluding steroid dienone is 1. The lowest BCUT2D eigenvalue weighted by Crippen LogP contribution is -2.38. The van der Waals surface area contributed by atoms with Crippen molar-refractivity contribution in [3.05, 3.63) is 12.7 Å². The van der Waals surface area contributed by atoms with Gasteiger partial charge in [-0.1, -0.05) is 19.9 Å². The molecule has 0 aromatic rings. The second kappa shape index (κ2) is 5.08. The Hall–Kier alpha value is -0.150. The zero-order valence-corrected chi connectivity index (χ0v) is 10.8. The standard InChI is InChI=1S/C11H23NOS/c1-7-8-11(5,6)9-12-14(13)10(2,3)4/h7,12H,1,8-9H2,2-6H3. The van der Waals surface area contributed by atoms with Gasteiger partial charge < -0.3 is 0 Å². The van der Waals surface area contributed by atoms with Crippen LogP contribution in [0.2, 0.25) is 0 Å². The van der Waals surface area contributed by atoms with Crippen molar-refractivity contribution in [1.82, 2.24) is 4.72 Å². The Kier molecular flexibility index (Phi) is 5.02. The van der Waals surface area contributed by atoms with Crippen molar-refractivity contribution in [3.63, 3.8) is 0 Å². The second-order valence-corrected chi connectivity index (χ2v) is 7.41. The normalized spacial score (nSPS) is 15.2. The highest BCUT2D eigenvalue weighted by Crippen LogP contribution is 2.20. The molecule has 0 bridgehead atoms. The molecule has 14 heavy (non-hydrogen) atoms. The van der Waals surface area contributed by atoms with E-state index in [-0.39, 0.29) is 10.2 Å². The van der Waals surface area contributed by atoms with Crippen LogP contribution in [0.4, 0.5) is 0 Å². The zero-order valence-electron chi connectivity index (χ0n) is 10.0. The van der Waals surface area contributed by atoms with E-state index in [2.05, 4.69) is 25.1 Å². The van der Waals surface area contributed by atoms with Gasteiger partial charge in [-0.3, -0.25) is 0 Å². The highest BCUT2D eigenvalue weighted by molar-refractivity contribution is 7.84. The lowest BCUT2D eigenvalue weighted by molar-refractivity contribution is 0.371. The summed E-state index contributed by atoms with van der Waals surface area (Å²) in [5.74, 6) is 0. The van der Waals surface area contributed by atoms with Crippen LogP contribution in [0.25, 0.3) is 0 Å². The van der Waals surface area contributed by atoms with Gasteiger partial charge in [0, 0.05) is 6.54 Å². The summed E-state index contributed by atoms with van der Waals surface area (Å²) in [6.45, 7) is 14.7. The first-order chi connectivity index (χ1) is 6.19. The maximum atomic E-state index is 11.7. The van der Waals surface area contributed by atoms with Gasteiger partial charge in [0.25, 0.3) is 0 Å². The fourth-order valence-corrected chi connectivity index (χ4v) is 1.90. The smallest absolute Gasteiger partial charge is 0.0970 e. The first-order valence-electron chi connectivity index (χ1n) is 4.95. The van der Waals surface area contributed by atoms with Crippen molar-refractivity contribution in [2.24, 2.45) is 5.41 Å². The Morgan fingerprint density at radius 2 is 1.79 bits per heavy atom. The molecule has 0 heterocycles. The van der Waals surface area contributed by atoms with E-state index in [1.54, 1.807) is 0 Å². The molecule has 0 saturated carbocycles. The van der Waals surface area contributed by atoms with Crippen LogP contribution in [-0.2, 0) is 11.0 Å². The van der Waals surface area contributed by atoms with Crippen molar-refractivity contribution in [2.45, 2.75) is 45.8 Å². The van der Waals surface area contributed by atoms with Gasteiger partial charge in [-0.05, 0) is 32.6 Å². The summed E-state index contributed by atoms with van der Waals surface area (Å²) in [6.07, 6.45) is 2.84. The molecule has 0 fully saturated rings. The molecule has 0 amide bonds. The summed E-state index contributed by atoms with van der Waals surface area (Å²) in [7, 11) is -0.972. The summed E-state index contributed by atoms with van der Waals surface area (Å²) >= 11 is 0. The molecule has 0 spiro atoms. The van der Waals surface area contributed by atoms with Crippen LogP contribution < -0.4 is 4.72 Å². The van der Waals surface area contributed by atoms with Gasteiger partial charge in [0.05, 0.1) is 15.7 Å². The molecular weight excluding hydrogens is 194 g/mol. The van der Waals surface area contributed by atoms with Crippen molar-refractivity contribution in [2.75, 3.05) is 6.54 Å². The maximum absolute atomic E-state index is 11.7. The molecule has 84 valence electrons. The van der Waals surface area contributed by atoms with Crippen molar-refractivity contribution < 1.29 is 4.21 Å². The molecule has 1 atom stereocenters. The predicted octanol–water partition coefficient (Wildman–Crippen LogP) is 2.64. The minimum atomic E-state index is -0.972. The maximum Gasteiger partial charge on any atom is 0.0970 e. The molecule has 0 aliphatic rings. The SMILES string of the molecule is C=CCC(C)(C)CNS(=O)C(C)(C)C. The largest absolute Gasteiger partial charge is 0.242 e. The molecule has 2 nitrogen and oxygen atoms in total. The third-order valence-electron chi connectivity index (χ3n) is 1.93. The number of hydrogen-bond donors (Lipinski definition) is 1. The van der Waals surface area contributed by atoms with Crippen LogP contribution >= 0.6 is 0 Å². The van der Waals surface area contributed by atoms with Crippen LogP contribution in [0, 0.1) is 5.41 Å². The van der Waals surface area contributed by atoms with E-state index in [1.807, 2.05) is 26.8 Å². The van der Waals surface area contributed by atoms with Gasteiger partial charge in [0.1, 0.15) is 0 Å². The molecule has 1 N–H and O–H groups in total. The first-order valence-corrected chi connectivity index (χ1v) is 6.10. The van der Waals surface area contributed by atoms with E-state index >= 15 is 0 Å². The van der Waals surface area contributed by atoms with Crippen LogP contribution in [0.15, 0.2) is 12.7 Å². The second-order valence-electron chi connectivity index (χ2n) is 5.36. The molecule has 0 radical (unpaired) electrons. The van der Waals surface area contributed by atoms with Gasteiger partial charge in [0.15, 0.2) is 0 Å². The van der Waals surface area contributed by atoms with Crippen molar-refractivity contribution in [1.29, 1.82) is 0 Å². The Bertz CT molecular complexity index is 216. The Morgan fingerprint density at radius 3 is 2.14 bits per heavy atom. The van der Waals surface area contributed by atoms with E-state index < -0.39 is 11.0 Å². The minimum absolute atomic E-state index is 0.128. The summed E-state index contributed by atoms with van der Waals surface area (Å²) in [6, 6.07) is 0. The molecule has 0 aromatic carbocycles. The molecule has 3 heteroatoms. The van der Waals surface area contributed by atoms with Crippen molar-refractivity contribution >= 4 is 11.0 Å². The third kappa shape index (κ3) is 5.55. The average Bonchev–Trinajstić information content (AvgIpc) is 1.98. The molecule has 0 aliphatic carbocycles. The number of hydrogen-bond acceptors (Lipinski definition) is 1. The summed E-state index contributed by atoms with van der Waals surface area (Å²) in [5.41, 5.74) is 0.128. The number of rotatable bonds is 5. The van der Waals surface area contributed by atoms with Gasteiger partial charge in [0.2, 0.25) is 0 Å². The van der Waals surface area contributed by atoms with E-state index in [0.717, 1.165) is 13.0 Å². The Labute approximate surface area is 90.8 Å². The summed E-state index contributed by atoms with van der Waals surface area (Å²) < 4.78 is 14.6. The monoisotopic (exact) mass is 217 g/mol. The average molecular weight is 217 g/mol. The molecular formula is C11H23NOS. The van der Waals surface area contributed by atoms with Gasteiger partial charge >= 0.3 is 0 Å². The van der Waals surface area contributed by atoms with E-state index in [9.17, 15) is 4.21 Å².